The molecule has 0 spiro atoms. The van der Waals surface area contributed by atoms with Gasteiger partial charge in [0.05, 0.1) is 12.1 Å². The van der Waals surface area contributed by atoms with E-state index in [2.05, 4.69) is 40.1 Å². The Hall–Kier alpha value is -1.52. The van der Waals surface area contributed by atoms with Gasteiger partial charge in [-0.2, -0.15) is 0 Å². The largest absolute Gasteiger partial charge is 0.493 e. The summed E-state index contributed by atoms with van der Waals surface area (Å²) in [5.41, 5.74) is 1.07. The molecule has 25 heavy (non-hydrogen) atoms. The first kappa shape index (κ1) is 16.9. The van der Waals surface area contributed by atoms with Crippen LogP contribution in [0.5, 0.6) is 5.75 Å². The predicted octanol–water partition coefficient (Wildman–Crippen LogP) is 3.73. The van der Waals surface area contributed by atoms with Crippen molar-refractivity contribution in [1.82, 2.24) is 9.88 Å². The quantitative estimate of drug-likeness (QED) is 0.813. The fourth-order valence-electron chi connectivity index (χ4n) is 3.61. The van der Waals surface area contributed by atoms with Crippen molar-refractivity contribution in [3.63, 3.8) is 0 Å². The SMILES string of the molecule is Cl.c1cc2nc(N3CCN(C4CC4)CC3)ccc2cc1OCC1CC1. The monoisotopic (exact) mass is 359 g/mol. The lowest BCUT2D eigenvalue weighted by atomic mass is 10.2. The third kappa shape index (κ3) is 3.85. The molecule has 1 aromatic carbocycles. The Morgan fingerprint density at radius 1 is 0.960 bits per heavy atom. The standard InChI is InChI=1S/C20H25N3O.ClH/c1-2-15(1)14-24-18-6-7-19-16(13-18)3-8-20(21-19)23-11-9-22(10-12-23)17-4-5-17;/h3,6-8,13,15,17H,1-2,4-5,9-12,14H2;1H. The number of halogens is 1. The summed E-state index contributed by atoms with van der Waals surface area (Å²) in [6, 6.07) is 11.5. The van der Waals surface area contributed by atoms with Gasteiger partial charge in [0.2, 0.25) is 0 Å². The topological polar surface area (TPSA) is 28.6 Å². The van der Waals surface area contributed by atoms with E-state index in [0.29, 0.717) is 0 Å². The Kier molecular flexibility index (Phi) is 4.74. The molecule has 0 amide bonds. The third-order valence-electron chi connectivity index (χ3n) is 5.53. The van der Waals surface area contributed by atoms with Gasteiger partial charge in [0.15, 0.2) is 0 Å². The summed E-state index contributed by atoms with van der Waals surface area (Å²) in [4.78, 5) is 9.95. The highest BCUT2D eigenvalue weighted by atomic mass is 35.5. The van der Waals surface area contributed by atoms with Gasteiger partial charge in [0.1, 0.15) is 11.6 Å². The van der Waals surface area contributed by atoms with Crippen LogP contribution in [0.25, 0.3) is 10.9 Å². The molecule has 2 heterocycles. The molecular formula is C20H26ClN3O. The van der Waals surface area contributed by atoms with Crippen molar-refractivity contribution in [3.8, 4) is 5.75 Å². The highest BCUT2D eigenvalue weighted by Crippen LogP contribution is 2.31. The van der Waals surface area contributed by atoms with Crippen LogP contribution in [0, 0.1) is 5.92 Å². The zero-order valence-corrected chi connectivity index (χ0v) is 15.4. The lowest BCUT2D eigenvalue weighted by Crippen LogP contribution is -2.47. The molecule has 3 aliphatic rings. The van der Waals surface area contributed by atoms with E-state index >= 15 is 0 Å². The van der Waals surface area contributed by atoms with Crippen LogP contribution >= 0.6 is 12.4 Å². The summed E-state index contributed by atoms with van der Waals surface area (Å²) < 4.78 is 5.88. The number of benzene rings is 1. The Morgan fingerprint density at radius 2 is 1.76 bits per heavy atom. The van der Waals surface area contributed by atoms with E-state index in [1.165, 1.54) is 44.2 Å². The highest BCUT2D eigenvalue weighted by molar-refractivity contribution is 5.85. The second kappa shape index (κ2) is 7.00. The minimum atomic E-state index is 0. The minimum Gasteiger partial charge on any atom is -0.493 e. The summed E-state index contributed by atoms with van der Waals surface area (Å²) in [6.45, 7) is 5.41. The van der Waals surface area contributed by atoms with E-state index in [1.807, 2.05) is 0 Å². The number of aromatic nitrogens is 1. The number of anilines is 1. The maximum absolute atomic E-state index is 5.88. The lowest BCUT2D eigenvalue weighted by Gasteiger charge is -2.35. The van der Waals surface area contributed by atoms with E-state index in [1.54, 1.807) is 0 Å². The van der Waals surface area contributed by atoms with Crippen LogP contribution in [0.3, 0.4) is 0 Å². The van der Waals surface area contributed by atoms with Crippen molar-refractivity contribution in [2.45, 2.75) is 31.7 Å². The van der Waals surface area contributed by atoms with Gasteiger partial charge in [-0.1, -0.05) is 0 Å². The lowest BCUT2D eigenvalue weighted by molar-refractivity contribution is 0.247. The maximum atomic E-state index is 5.88. The van der Waals surface area contributed by atoms with Crippen LogP contribution in [0.1, 0.15) is 25.7 Å². The van der Waals surface area contributed by atoms with Crippen LogP contribution < -0.4 is 9.64 Å². The first-order valence-electron chi connectivity index (χ1n) is 9.38. The molecule has 134 valence electrons. The van der Waals surface area contributed by atoms with Crippen molar-refractivity contribution in [2.75, 3.05) is 37.7 Å². The Morgan fingerprint density at radius 3 is 2.48 bits per heavy atom. The molecular weight excluding hydrogens is 334 g/mol. The second-order valence-corrected chi connectivity index (χ2v) is 7.53. The average Bonchev–Trinajstić information content (AvgIpc) is 3.53. The Labute approximate surface area is 155 Å². The van der Waals surface area contributed by atoms with E-state index in [4.69, 9.17) is 9.72 Å². The van der Waals surface area contributed by atoms with Crippen LogP contribution in [0.4, 0.5) is 5.82 Å². The van der Waals surface area contributed by atoms with Crippen molar-refractivity contribution < 1.29 is 4.74 Å². The molecule has 5 heteroatoms. The predicted molar refractivity (Wildman–Crippen MR) is 104 cm³/mol. The molecule has 2 aromatic rings. The summed E-state index contributed by atoms with van der Waals surface area (Å²) in [6.07, 6.45) is 5.46. The molecule has 0 unspecified atom stereocenters. The van der Waals surface area contributed by atoms with Crippen molar-refractivity contribution >= 4 is 29.1 Å². The molecule has 1 saturated heterocycles. The maximum Gasteiger partial charge on any atom is 0.129 e. The van der Waals surface area contributed by atoms with E-state index in [9.17, 15) is 0 Å². The van der Waals surface area contributed by atoms with Crippen molar-refractivity contribution in [2.24, 2.45) is 5.92 Å². The van der Waals surface area contributed by atoms with Gasteiger partial charge < -0.3 is 9.64 Å². The van der Waals surface area contributed by atoms with Crippen molar-refractivity contribution in [3.05, 3.63) is 30.3 Å². The molecule has 2 saturated carbocycles. The summed E-state index contributed by atoms with van der Waals surface area (Å²) in [7, 11) is 0. The summed E-state index contributed by atoms with van der Waals surface area (Å²) >= 11 is 0. The zero-order valence-electron chi connectivity index (χ0n) is 14.6. The van der Waals surface area contributed by atoms with Gasteiger partial charge in [-0.25, -0.2) is 4.98 Å². The normalized spacial score (nSPS) is 21.2. The van der Waals surface area contributed by atoms with E-state index < -0.39 is 0 Å². The first-order chi connectivity index (χ1) is 11.8. The zero-order chi connectivity index (χ0) is 15.9. The molecule has 3 fully saturated rings. The van der Waals surface area contributed by atoms with Gasteiger partial charge in [-0.15, -0.1) is 12.4 Å². The molecule has 0 atom stereocenters. The fourth-order valence-corrected chi connectivity index (χ4v) is 3.61. The van der Waals surface area contributed by atoms with E-state index in [-0.39, 0.29) is 12.4 Å². The van der Waals surface area contributed by atoms with Crippen LogP contribution in [-0.2, 0) is 0 Å². The second-order valence-electron chi connectivity index (χ2n) is 7.53. The molecule has 0 bridgehead atoms. The number of rotatable bonds is 5. The van der Waals surface area contributed by atoms with Gasteiger partial charge in [0, 0.05) is 37.6 Å². The molecule has 0 N–H and O–H groups in total. The van der Waals surface area contributed by atoms with Crippen LogP contribution in [-0.4, -0.2) is 48.7 Å². The molecule has 1 aliphatic heterocycles. The first-order valence-corrected chi connectivity index (χ1v) is 9.38. The number of hydrogen-bond donors (Lipinski definition) is 0. The molecule has 0 radical (unpaired) electrons. The van der Waals surface area contributed by atoms with Crippen molar-refractivity contribution in [1.29, 1.82) is 0 Å². The molecule has 5 rings (SSSR count). The molecule has 2 aliphatic carbocycles. The van der Waals surface area contributed by atoms with Crippen LogP contribution in [0.15, 0.2) is 30.3 Å². The molecule has 4 nitrogen and oxygen atoms in total. The van der Waals surface area contributed by atoms with Crippen LogP contribution in [0.2, 0.25) is 0 Å². The van der Waals surface area contributed by atoms with E-state index in [0.717, 1.165) is 48.7 Å². The summed E-state index contributed by atoms with van der Waals surface area (Å²) in [5, 5.41) is 1.17. The smallest absolute Gasteiger partial charge is 0.129 e. The Balaban J connectivity index is 0.00000157. The van der Waals surface area contributed by atoms with Gasteiger partial charge in [-0.3, -0.25) is 4.90 Å². The van der Waals surface area contributed by atoms with Gasteiger partial charge in [-0.05, 0) is 61.9 Å². The third-order valence-corrected chi connectivity index (χ3v) is 5.53. The van der Waals surface area contributed by atoms with Gasteiger partial charge in [0.25, 0.3) is 0 Å². The fraction of sp³-hybridized carbons (Fsp3) is 0.550. The number of hydrogen-bond acceptors (Lipinski definition) is 4. The highest BCUT2D eigenvalue weighted by Gasteiger charge is 2.31. The average molecular weight is 360 g/mol. The van der Waals surface area contributed by atoms with Gasteiger partial charge >= 0.3 is 0 Å². The number of nitrogens with zero attached hydrogens (tertiary/aromatic N) is 3. The minimum absolute atomic E-state index is 0. The number of piperazine rings is 1. The Bertz CT molecular complexity index is 737. The number of pyridine rings is 1. The molecule has 1 aromatic heterocycles. The number of ether oxygens (including phenoxy) is 1. The summed E-state index contributed by atoms with van der Waals surface area (Å²) in [5.74, 6) is 2.88. The number of fused-ring (bicyclic) bond motifs is 1.